The largest absolute Gasteiger partial charge is 0.455 e. The Kier molecular flexibility index (Phi) is 3.69. The topological polar surface area (TPSA) is 26.3 Å². The molecule has 4 rings (SSSR count). The standard InChI is InChI=1S/C24H38O2/c1-8-19(25)26-24(14-17-10-12-23(24,7)21(17,4)5)15-18-13-16-9-11-22(18,6)20(16,2)3/h8,16-18H,1,9-15H2,2-7H3/t16-,17-,18?,22-,23+,24?/m1/s1. The van der Waals surface area contributed by atoms with Gasteiger partial charge in [-0.3, -0.25) is 0 Å². The lowest BCUT2D eigenvalue weighted by Crippen LogP contribution is -2.52. The third-order valence-corrected chi connectivity index (χ3v) is 11.0. The number of esters is 1. The molecule has 2 unspecified atom stereocenters. The first-order chi connectivity index (χ1) is 11.9. The number of carbonyl (C=O) groups is 1. The molecule has 0 radical (unpaired) electrons. The van der Waals surface area contributed by atoms with E-state index in [9.17, 15) is 4.79 Å². The summed E-state index contributed by atoms with van der Waals surface area (Å²) in [5.74, 6) is 1.96. The first-order valence-corrected chi connectivity index (χ1v) is 10.8. The molecule has 6 atom stereocenters. The second kappa shape index (κ2) is 5.17. The van der Waals surface area contributed by atoms with E-state index in [-0.39, 0.29) is 22.4 Å². The van der Waals surface area contributed by atoms with Crippen LogP contribution in [-0.4, -0.2) is 11.6 Å². The Morgan fingerprint density at radius 1 is 1.04 bits per heavy atom. The molecule has 4 saturated carbocycles. The van der Waals surface area contributed by atoms with E-state index in [1.54, 1.807) is 0 Å². The second-order valence-electron chi connectivity index (χ2n) is 11.6. The summed E-state index contributed by atoms with van der Waals surface area (Å²) in [5.41, 5.74) is 0.802. The summed E-state index contributed by atoms with van der Waals surface area (Å²) in [6, 6.07) is 0. The number of hydrogen-bond acceptors (Lipinski definition) is 2. The zero-order valence-corrected chi connectivity index (χ0v) is 17.8. The average Bonchev–Trinajstić information content (AvgIpc) is 3.06. The lowest BCUT2D eigenvalue weighted by molar-refractivity contribution is -0.180. The molecule has 0 N–H and O–H groups in total. The highest BCUT2D eigenvalue weighted by Crippen LogP contribution is 2.75. The maximum absolute atomic E-state index is 12.4. The van der Waals surface area contributed by atoms with Crippen LogP contribution in [0.2, 0.25) is 0 Å². The van der Waals surface area contributed by atoms with Gasteiger partial charge < -0.3 is 4.74 Å². The van der Waals surface area contributed by atoms with Gasteiger partial charge >= 0.3 is 5.97 Å². The summed E-state index contributed by atoms with van der Waals surface area (Å²) < 4.78 is 6.35. The Hall–Kier alpha value is -0.790. The van der Waals surface area contributed by atoms with Crippen LogP contribution in [0.3, 0.4) is 0 Å². The van der Waals surface area contributed by atoms with E-state index >= 15 is 0 Å². The molecule has 4 aliphatic rings. The van der Waals surface area contributed by atoms with Crippen LogP contribution < -0.4 is 0 Å². The van der Waals surface area contributed by atoms with Crippen LogP contribution in [0.25, 0.3) is 0 Å². The molecule has 4 bridgehead atoms. The molecule has 2 nitrogen and oxygen atoms in total. The predicted octanol–water partition coefficient (Wildman–Crippen LogP) is 6.15. The van der Waals surface area contributed by atoms with Crippen molar-refractivity contribution >= 4 is 5.97 Å². The molecule has 0 heterocycles. The average molecular weight is 359 g/mol. The Morgan fingerprint density at radius 2 is 1.69 bits per heavy atom. The molecule has 2 heteroatoms. The summed E-state index contributed by atoms with van der Waals surface area (Å²) in [7, 11) is 0. The minimum atomic E-state index is -0.307. The number of hydrogen-bond donors (Lipinski definition) is 0. The van der Waals surface area contributed by atoms with Gasteiger partial charge in [-0.05, 0) is 78.9 Å². The van der Waals surface area contributed by atoms with Crippen LogP contribution in [0.1, 0.15) is 86.5 Å². The molecule has 0 spiro atoms. The normalized spacial score (nSPS) is 50.2. The van der Waals surface area contributed by atoms with E-state index in [2.05, 4.69) is 48.1 Å². The van der Waals surface area contributed by atoms with Crippen molar-refractivity contribution in [2.75, 3.05) is 0 Å². The molecule has 146 valence electrons. The maximum Gasteiger partial charge on any atom is 0.330 e. The van der Waals surface area contributed by atoms with Crippen LogP contribution in [0.5, 0.6) is 0 Å². The first-order valence-electron chi connectivity index (χ1n) is 10.8. The fraction of sp³-hybridized carbons (Fsp3) is 0.875. The quantitative estimate of drug-likeness (QED) is 0.445. The van der Waals surface area contributed by atoms with E-state index in [0.29, 0.717) is 22.7 Å². The third-order valence-electron chi connectivity index (χ3n) is 11.0. The first kappa shape index (κ1) is 18.6. The van der Waals surface area contributed by atoms with E-state index in [1.807, 2.05) is 0 Å². The van der Waals surface area contributed by atoms with Crippen LogP contribution in [0.4, 0.5) is 0 Å². The number of rotatable bonds is 4. The van der Waals surface area contributed by atoms with Crippen molar-refractivity contribution in [3.63, 3.8) is 0 Å². The minimum Gasteiger partial charge on any atom is -0.455 e. The molecule has 4 fully saturated rings. The summed E-state index contributed by atoms with van der Waals surface area (Å²) in [6.45, 7) is 18.4. The molecule has 0 aromatic heterocycles. The molecule has 0 amide bonds. The molecule has 0 aromatic carbocycles. The van der Waals surface area contributed by atoms with Gasteiger partial charge in [-0.15, -0.1) is 0 Å². The van der Waals surface area contributed by atoms with Gasteiger partial charge in [0.1, 0.15) is 5.60 Å². The molecule has 0 saturated heterocycles. The van der Waals surface area contributed by atoms with Crippen molar-refractivity contribution in [1.29, 1.82) is 0 Å². The summed E-state index contributed by atoms with van der Waals surface area (Å²) >= 11 is 0. The van der Waals surface area contributed by atoms with Gasteiger partial charge in [0.25, 0.3) is 0 Å². The van der Waals surface area contributed by atoms with Crippen molar-refractivity contribution in [2.45, 2.75) is 92.1 Å². The number of ether oxygens (including phenoxy) is 1. The van der Waals surface area contributed by atoms with Gasteiger partial charge in [0.05, 0.1) is 0 Å². The predicted molar refractivity (Wildman–Crippen MR) is 106 cm³/mol. The van der Waals surface area contributed by atoms with Gasteiger partial charge in [-0.2, -0.15) is 0 Å². The molecular formula is C24H38O2. The maximum atomic E-state index is 12.4. The number of fused-ring (bicyclic) bond motifs is 4. The van der Waals surface area contributed by atoms with E-state index in [4.69, 9.17) is 4.74 Å². The smallest absolute Gasteiger partial charge is 0.330 e. The highest BCUT2D eigenvalue weighted by molar-refractivity contribution is 5.81. The van der Waals surface area contributed by atoms with Crippen molar-refractivity contribution in [1.82, 2.24) is 0 Å². The molecule has 4 aliphatic carbocycles. The van der Waals surface area contributed by atoms with Crippen molar-refractivity contribution in [3.05, 3.63) is 12.7 Å². The Labute approximate surface area is 160 Å². The van der Waals surface area contributed by atoms with Crippen LogP contribution in [-0.2, 0) is 9.53 Å². The highest BCUT2D eigenvalue weighted by atomic mass is 16.6. The van der Waals surface area contributed by atoms with Crippen molar-refractivity contribution in [2.24, 2.45) is 39.4 Å². The second-order valence-corrected chi connectivity index (χ2v) is 11.6. The van der Waals surface area contributed by atoms with Crippen LogP contribution in [0, 0.1) is 39.4 Å². The summed E-state index contributed by atoms with van der Waals surface area (Å²) in [6.07, 6.45) is 9.98. The summed E-state index contributed by atoms with van der Waals surface area (Å²) in [4.78, 5) is 12.4. The van der Waals surface area contributed by atoms with Gasteiger partial charge in [0.2, 0.25) is 0 Å². The lowest BCUT2D eigenvalue weighted by Gasteiger charge is -2.51. The Bertz CT molecular complexity index is 647. The fourth-order valence-corrected chi connectivity index (χ4v) is 8.21. The molecule has 0 aliphatic heterocycles. The summed E-state index contributed by atoms with van der Waals surface area (Å²) in [5, 5.41) is 0. The molecule has 0 aromatic rings. The van der Waals surface area contributed by atoms with Gasteiger partial charge in [0, 0.05) is 11.5 Å². The SMILES string of the molecule is C=CC(=O)OC1(CC2C[C@H]3CC[C@@]2(C)C3(C)C)C[C@H]2CC[C@@]1(C)C2(C)C. The molecular weight excluding hydrogens is 320 g/mol. The van der Waals surface area contributed by atoms with Gasteiger partial charge in [-0.25, -0.2) is 4.79 Å². The van der Waals surface area contributed by atoms with Crippen molar-refractivity contribution < 1.29 is 9.53 Å². The Balaban J connectivity index is 1.71. The lowest BCUT2D eigenvalue weighted by atomic mass is 9.58. The Morgan fingerprint density at radius 3 is 2.12 bits per heavy atom. The minimum absolute atomic E-state index is 0.0751. The van der Waals surface area contributed by atoms with Gasteiger partial charge in [-0.1, -0.05) is 48.1 Å². The molecule has 26 heavy (non-hydrogen) atoms. The van der Waals surface area contributed by atoms with Crippen LogP contribution >= 0.6 is 0 Å². The van der Waals surface area contributed by atoms with Crippen LogP contribution in [0.15, 0.2) is 12.7 Å². The zero-order valence-electron chi connectivity index (χ0n) is 17.8. The van der Waals surface area contributed by atoms with Crippen molar-refractivity contribution in [3.8, 4) is 0 Å². The van der Waals surface area contributed by atoms with Gasteiger partial charge in [0.15, 0.2) is 0 Å². The zero-order chi connectivity index (χ0) is 19.2. The third kappa shape index (κ3) is 1.92. The number of carbonyl (C=O) groups excluding carboxylic acids is 1. The van der Waals surface area contributed by atoms with E-state index in [1.165, 1.54) is 38.2 Å². The monoisotopic (exact) mass is 358 g/mol. The highest BCUT2D eigenvalue weighted by Gasteiger charge is 2.72. The fourth-order valence-electron chi connectivity index (χ4n) is 8.21. The van der Waals surface area contributed by atoms with E-state index in [0.717, 1.165) is 18.8 Å². The van der Waals surface area contributed by atoms with E-state index < -0.39 is 0 Å².